The normalized spacial score (nSPS) is 21.8. The SMILES string of the molecule is CCNC(=NCC1(O)CCSC1)NC(C)c1cccc(C(F)(F)F)c1.I. The molecular formula is C17H25F3IN3OS. The van der Waals surface area contributed by atoms with Gasteiger partial charge in [-0.25, -0.2) is 0 Å². The maximum Gasteiger partial charge on any atom is 0.416 e. The molecule has 4 nitrogen and oxygen atoms in total. The summed E-state index contributed by atoms with van der Waals surface area (Å²) in [5.41, 5.74) is -0.944. The second kappa shape index (κ2) is 10.0. The fourth-order valence-electron chi connectivity index (χ4n) is 2.54. The lowest BCUT2D eigenvalue weighted by atomic mass is 10.0. The fourth-order valence-corrected chi connectivity index (χ4v) is 3.82. The highest BCUT2D eigenvalue weighted by Gasteiger charge is 2.32. The van der Waals surface area contributed by atoms with Gasteiger partial charge in [0.1, 0.15) is 0 Å². The Hall–Kier alpha value is -0.680. The lowest BCUT2D eigenvalue weighted by Gasteiger charge is -2.22. The molecule has 1 saturated heterocycles. The number of nitrogens with one attached hydrogen (secondary N) is 2. The second-order valence-corrected chi connectivity index (χ2v) is 7.32. The summed E-state index contributed by atoms with van der Waals surface area (Å²) in [6, 6.07) is 4.90. The van der Waals surface area contributed by atoms with Crippen molar-refractivity contribution in [3.05, 3.63) is 35.4 Å². The van der Waals surface area contributed by atoms with E-state index in [4.69, 9.17) is 0 Å². The highest BCUT2D eigenvalue weighted by atomic mass is 127. The Morgan fingerprint density at radius 1 is 1.42 bits per heavy atom. The van der Waals surface area contributed by atoms with Gasteiger partial charge in [-0.2, -0.15) is 24.9 Å². The molecule has 2 unspecified atom stereocenters. The monoisotopic (exact) mass is 503 g/mol. The van der Waals surface area contributed by atoms with E-state index in [1.54, 1.807) is 24.8 Å². The van der Waals surface area contributed by atoms with Crippen LogP contribution in [0.25, 0.3) is 0 Å². The molecule has 0 radical (unpaired) electrons. The van der Waals surface area contributed by atoms with Crippen LogP contribution < -0.4 is 10.6 Å². The van der Waals surface area contributed by atoms with E-state index >= 15 is 0 Å². The van der Waals surface area contributed by atoms with Gasteiger partial charge in [-0.1, -0.05) is 12.1 Å². The highest BCUT2D eigenvalue weighted by molar-refractivity contribution is 14.0. The van der Waals surface area contributed by atoms with Crippen molar-refractivity contribution in [2.24, 2.45) is 4.99 Å². The van der Waals surface area contributed by atoms with Crippen LogP contribution in [0.1, 0.15) is 37.4 Å². The molecule has 2 rings (SSSR count). The molecule has 0 saturated carbocycles. The number of nitrogens with zero attached hydrogens (tertiary/aromatic N) is 1. The minimum absolute atomic E-state index is 0. The number of hydrogen-bond acceptors (Lipinski definition) is 3. The van der Waals surface area contributed by atoms with Crippen molar-refractivity contribution in [2.45, 2.75) is 38.1 Å². The van der Waals surface area contributed by atoms with Crippen LogP contribution in [-0.2, 0) is 6.18 Å². The van der Waals surface area contributed by atoms with Gasteiger partial charge in [0.05, 0.1) is 23.8 Å². The van der Waals surface area contributed by atoms with Gasteiger partial charge in [-0.3, -0.25) is 4.99 Å². The number of aliphatic imine (C=N–C) groups is 1. The second-order valence-electron chi connectivity index (χ2n) is 6.21. The molecule has 2 atom stereocenters. The molecule has 26 heavy (non-hydrogen) atoms. The molecule has 0 bridgehead atoms. The first-order valence-electron chi connectivity index (χ1n) is 8.26. The minimum atomic E-state index is -4.36. The molecule has 1 aliphatic rings. The van der Waals surface area contributed by atoms with E-state index in [0.717, 1.165) is 17.9 Å². The molecule has 1 aromatic rings. The summed E-state index contributed by atoms with van der Waals surface area (Å²) in [6.45, 7) is 4.58. The van der Waals surface area contributed by atoms with Crippen molar-refractivity contribution < 1.29 is 18.3 Å². The number of thioether (sulfide) groups is 1. The summed E-state index contributed by atoms with van der Waals surface area (Å²) in [5.74, 6) is 2.05. The first-order chi connectivity index (χ1) is 11.7. The zero-order valence-corrected chi connectivity index (χ0v) is 17.9. The lowest BCUT2D eigenvalue weighted by molar-refractivity contribution is -0.137. The summed E-state index contributed by atoms with van der Waals surface area (Å²) < 4.78 is 38.6. The molecule has 148 valence electrons. The van der Waals surface area contributed by atoms with E-state index in [1.807, 2.05) is 6.92 Å². The lowest BCUT2D eigenvalue weighted by Crippen LogP contribution is -2.41. The average Bonchev–Trinajstić information content (AvgIpc) is 2.99. The number of halogens is 4. The Balaban J connectivity index is 0.00000338. The van der Waals surface area contributed by atoms with Gasteiger partial charge in [0, 0.05) is 12.3 Å². The number of guanidine groups is 1. The van der Waals surface area contributed by atoms with Gasteiger partial charge in [0.25, 0.3) is 0 Å². The molecule has 0 amide bonds. The molecule has 1 aromatic carbocycles. The van der Waals surface area contributed by atoms with Crippen molar-refractivity contribution in [1.29, 1.82) is 0 Å². The minimum Gasteiger partial charge on any atom is -0.387 e. The van der Waals surface area contributed by atoms with Crippen LogP contribution in [0.5, 0.6) is 0 Å². The molecule has 3 N–H and O–H groups in total. The number of alkyl halides is 3. The Morgan fingerprint density at radius 2 is 2.15 bits per heavy atom. The van der Waals surface area contributed by atoms with Gasteiger partial charge in [-0.05, 0) is 43.7 Å². The molecular weight excluding hydrogens is 478 g/mol. The molecule has 1 aliphatic heterocycles. The fraction of sp³-hybridized carbons (Fsp3) is 0.588. The predicted octanol–water partition coefficient (Wildman–Crippen LogP) is 3.81. The van der Waals surface area contributed by atoms with Gasteiger partial charge in [0.2, 0.25) is 0 Å². The number of hydrogen-bond donors (Lipinski definition) is 3. The third kappa shape index (κ3) is 6.80. The van der Waals surface area contributed by atoms with E-state index in [2.05, 4.69) is 15.6 Å². The average molecular weight is 503 g/mol. The van der Waals surface area contributed by atoms with Gasteiger partial charge in [-0.15, -0.1) is 24.0 Å². The van der Waals surface area contributed by atoms with Crippen LogP contribution in [0.4, 0.5) is 13.2 Å². The van der Waals surface area contributed by atoms with Crippen LogP contribution in [0.2, 0.25) is 0 Å². The molecule has 0 spiro atoms. The Labute approximate surface area is 173 Å². The van der Waals surface area contributed by atoms with Gasteiger partial charge in [0.15, 0.2) is 5.96 Å². The van der Waals surface area contributed by atoms with Crippen LogP contribution >= 0.6 is 35.7 Å². The zero-order valence-electron chi connectivity index (χ0n) is 14.8. The number of benzene rings is 1. The van der Waals surface area contributed by atoms with E-state index in [9.17, 15) is 18.3 Å². The standard InChI is InChI=1S/C17H24F3N3OS.HI/c1-3-21-15(22-10-16(24)7-8-25-11-16)23-12(2)13-5-4-6-14(9-13)17(18,19)20;/h4-6,9,12,24H,3,7-8,10-11H2,1-2H3,(H2,21,22,23);1H. The van der Waals surface area contributed by atoms with E-state index in [1.165, 1.54) is 6.07 Å². The van der Waals surface area contributed by atoms with E-state index in [0.29, 0.717) is 30.2 Å². The largest absolute Gasteiger partial charge is 0.416 e. The zero-order chi connectivity index (χ0) is 18.5. The first kappa shape index (κ1) is 23.4. The highest BCUT2D eigenvalue weighted by Crippen LogP contribution is 2.31. The van der Waals surface area contributed by atoms with Crippen molar-refractivity contribution in [1.82, 2.24) is 10.6 Å². The summed E-state index contributed by atoms with van der Waals surface area (Å²) in [4.78, 5) is 4.41. The predicted molar refractivity (Wildman–Crippen MR) is 111 cm³/mol. The topological polar surface area (TPSA) is 56.7 Å². The molecule has 9 heteroatoms. The number of aliphatic hydroxyl groups is 1. The summed E-state index contributed by atoms with van der Waals surface area (Å²) in [6.07, 6.45) is -3.67. The van der Waals surface area contributed by atoms with Crippen molar-refractivity contribution in [2.75, 3.05) is 24.6 Å². The molecule has 0 aliphatic carbocycles. The molecule has 1 fully saturated rings. The summed E-state index contributed by atoms with van der Waals surface area (Å²) >= 11 is 1.69. The van der Waals surface area contributed by atoms with Crippen molar-refractivity contribution >= 4 is 41.7 Å². The maximum absolute atomic E-state index is 12.9. The first-order valence-corrected chi connectivity index (χ1v) is 9.41. The third-order valence-corrected chi connectivity index (χ3v) is 5.26. The summed E-state index contributed by atoms with van der Waals surface area (Å²) in [7, 11) is 0. The van der Waals surface area contributed by atoms with Crippen LogP contribution in [0.15, 0.2) is 29.3 Å². The quantitative estimate of drug-likeness (QED) is 0.325. The van der Waals surface area contributed by atoms with Crippen molar-refractivity contribution in [3.8, 4) is 0 Å². The molecule has 1 heterocycles. The van der Waals surface area contributed by atoms with E-state index in [-0.39, 0.29) is 36.6 Å². The Morgan fingerprint density at radius 3 is 2.73 bits per heavy atom. The van der Waals surface area contributed by atoms with Crippen molar-refractivity contribution in [3.63, 3.8) is 0 Å². The number of rotatable bonds is 5. The Bertz CT molecular complexity index is 607. The molecule has 0 aromatic heterocycles. The maximum atomic E-state index is 12.9. The van der Waals surface area contributed by atoms with Crippen LogP contribution in [0, 0.1) is 0 Å². The van der Waals surface area contributed by atoms with Crippen LogP contribution in [0.3, 0.4) is 0 Å². The Kier molecular flexibility index (Phi) is 9.01. The summed E-state index contributed by atoms with van der Waals surface area (Å²) in [5, 5.41) is 16.6. The smallest absolute Gasteiger partial charge is 0.387 e. The van der Waals surface area contributed by atoms with Crippen LogP contribution in [-0.4, -0.2) is 41.3 Å². The van der Waals surface area contributed by atoms with Gasteiger partial charge >= 0.3 is 6.18 Å². The van der Waals surface area contributed by atoms with E-state index < -0.39 is 17.3 Å². The van der Waals surface area contributed by atoms with Gasteiger partial charge < -0.3 is 15.7 Å². The third-order valence-electron chi connectivity index (χ3n) is 4.03.